The summed E-state index contributed by atoms with van der Waals surface area (Å²) in [7, 11) is 2.15. The predicted octanol–water partition coefficient (Wildman–Crippen LogP) is 3.63. The molecule has 7 heteroatoms. The number of piperidine rings is 1. The van der Waals surface area contributed by atoms with Crippen molar-refractivity contribution in [1.82, 2.24) is 14.9 Å². The second-order valence-electron chi connectivity index (χ2n) is 8.21. The second-order valence-corrected chi connectivity index (χ2v) is 9.12. The largest absolute Gasteiger partial charge is 0.378 e. The molecule has 2 aliphatic rings. The summed E-state index contributed by atoms with van der Waals surface area (Å²) in [5.41, 5.74) is 1.45. The molecule has 0 aliphatic carbocycles. The number of hydrogen-bond donors (Lipinski definition) is 0. The van der Waals surface area contributed by atoms with Crippen molar-refractivity contribution in [2.45, 2.75) is 25.4 Å². The van der Waals surface area contributed by atoms with E-state index in [2.05, 4.69) is 56.4 Å². The highest BCUT2D eigenvalue weighted by Crippen LogP contribution is 2.28. The van der Waals surface area contributed by atoms with Crippen LogP contribution in [-0.4, -0.2) is 67.4 Å². The number of thiophene rings is 1. The molecule has 3 aromatic rings. The zero-order valence-corrected chi connectivity index (χ0v) is 18.4. The van der Waals surface area contributed by atoms with E-state index in [0.717, 1.165) is 57.7 Å². The smallest absolute Gasteiger partial charge is 0.227 e. The normalized spacial score (nSPS) is 20.6. The summed E-state index contributed by atoms with van der Waals surface area (Å²) < 4.78 is 6.86. The number of morpholine rings is 1. The van der Waals surface area contributed by atoms with Gasteiger partial charge in [-0.15, -0.1) is 11.3 Å². The topological polar surface area (TPSA) is 44.7 Å². The molecule has 2 aromatic heterocycles. The molecule has 0 N–H and O–H groups in total. The van der Waals surface area contributed by atoms with Gasteiger partial charge in [-0.2, -0.15) is 4.98 Å². The Balaban J connectivity index is 1.27. The lowest BCUT2D eigenvalue weighted by molar-refractivity contribution is 0.122. The quantitative estimate of drug-likeness (QED) is 0.625. The molecule has 1 atom stereocenters. The molecule has 30 heavy (non-hydrogen) atoms. The molecule has 5 rings (SSSR count). The summed E-state index contributed by atoms with van der Waals surface area (Å²) in [4.78, 5) is 16.6. The van der Waals surface area contributed by atoms with Crippen LogP contribution in [0.15, 0.2) is 41.9 Å². The average molecular weight is 424 g/mol. The maximum atomic E-state index is 5.48. The highest BCUT2D eigenvalue weighted by Gasteiger charge is 2.26. The van der Waals surface area contributed by atoms with Crippen LogP contribution in [0.1, 0.15) is 18.4 Å². The number of hydrogen-bond acceptors (Lipinski definition) is 7. The third kappa shape index (κ3) is 4.15. The van der Waals surface area contributed by atoms with Gasteiger partial charge in [-0.1, -0.05) is 18.2 Å². The highest BCUT2D eigenvalue weighted by atomic mass is 32.1. The summed E-state index contributed by atoms with van der Waals surface area (Å²) in [5.74, 6) is 1.83. The molecule has 2 fully saturated rings. The van der Waals surface area contributed by atoms with E-state index in [1.54, 1.807) is 0 Å². The van der Waals surface area contributed by atoms with Crippen molar-refractivity contribution < 1.29 is 4.74 Å². The molecule has 0 spiro atoms. The molecule has 4 heterocycles. The number of anilines is 2. The van der Waals surface area contributed by atoms with Crippen LogP contribution in [0.4, 0.5) is 11.8 Å². The van der Waals surface area contributed by atoms with Crippen molar-refractivity contribution in [2.24, 2.45) is 0 Å². The molecule has 1 aromatic carbocycles. The van der Waals surface area contributed by atoms with Crippen LogP contribution in [0.25, 0.3) is 10.1 Å². The first-order valence-electron chi connectivity index (χ1n) is 10.8. The van der Waals surface area contributed by atoms with Crippen LogP contribution in [0, 0.1) is 0 Å². The number of ether oxygens (including phenoxy) is 1. The Morgan fingerprint density at radius 1 is 1.17 bits per heavy atom. The lowest BCUT2D eigenvalue weighted by Gasteiger charge is -2.38. The number of nitrogens with zero attached hydrogens (tertiary/aromatic N) is 5. The van der Waals surface area contributed by atoms with Gasteiger partial charge in [0, 0.05) is 50.2 Å². The van der Waals surface area contributed by atoms with E-state index in [1.807, 2.05) is 23.6 Å². The van der Waals surface area contributed by atoms with E-state index in [-0.39, 0.29) is 0 Å². The number of fused-ring (bicyclic) bond motifs is 1. The number of aromatic nitrogens is 2. The fraction of sp³-hybridized carbons (Fsp3) is 0.478. The first-order chi connectivity index (χ1) is 14.8. The fourth-order valence-corrected chi connectivity index (χ4v) is 5.48. The monoisotopic (exact) mass is 423 g/mol. The van der Waals surface area contributed by atoms with E-state index in [1.165, 1.54) is 28.5 Å². The molecule has 158 valence electrons. The summed E-state index contributed by atoms with van der Waals surface area (Å²) >= 11 is 1.85. The van der Waals surface area contributed by atoms with Crippen LogP contribution in [0.2, 0.25) is 0 Å². The van der Waals surface area contributed by atoms with Crippen molar-refractivity contribution in [3.05, 3.63) is 47.5 Å². The van der Waals surface area contributed by atoms with Gasteiger partial charge in [-0.05, 0) is 47.8 Å². The predicted molar refractivity (Wildman–Crippen MR) is 124 cm³/mol. The van der Waals surface area contributed by atoms with Gasteiger partial charge in [-0.25, -0.2) is 4.98 Å². The minimum atomic E-state index is 0.434. The van der Waals surface area contributed by atoms with E-state index in [9.17, 15) is 0 Å². The average Bonchev–Trinajstić information content (AvgIpc) is 3.22. The van der Waals surface area contributed by atoms with Gasteiger partial charge < -0.3 is 14.5 Å². The zero-order valence-electron chi connectivity index (χ0n) is 17.5. The summed E-state index contributed by atoms with van der Waals surface area (Å²) in [6.07, 6.45) is 4.28. The minimum Gasteiger partial charge on any atom is -0.378 e. The van der Waals surface area contributed by atoms with Crippen LogP contribution in [0.3, 0.4) is 0 Å². The van der Waals surface area contributed by atoms with E-state index in [0.29, 0.717) is 6.04 Å². The molecule has 0 radical (unpaired) electrons. The maximum Gasteiger partial charge on any atom is 0.227 e. The van der Waals surface area contributed by atoms with E-state index < -0.39 is 0 Å². The van der Waals surface area contributed by atoms with E-state index >= 15 is 0 Å². The Hall–Kier alpha value is -2.22. The molecule has 2 aliphatic heterocycles. The Morgan fingerprint density at radius 3 is 2.93 bits per heavy atom. The van der Waals surface area contributed by atoms with Gasteiger partial charge >= 0.3 is 0 Å². The first-order valence-corrected chi connectivity index (χ1v) is 11.7. The van der Waals surface area contributed by atoms with Gasteiger partial charge in [0.1, 0.15) is 5.82 Å². The third-order valence-corrected chi connectivity index (χ3v) is 7.27. The number of rotatable bonds is 5. The van der Waals surface area contributed by atoms with Crippen LogP contribution in [0.5, 0.6) is 0 Å². The Kier molecular flexibility index (Phi) is 5.84. The van der Waals surface area contributed by atoms with Gasteiger partial charge in [0.25, 0.3) is 0 Å². The molecular formula is C23H29N5OS. The number of likely N-dealkylation sites (N-methyl/N-ethyl adjacent to an activating group) is 1. The van der Waals surface area contributed by atoms with Crippen molar-refractivity contribution in [2.75, 3.05) is 56.2 Å². The maximum absolute atomic E-state index is 5.48. The lowest BCUT2D eigenvalue weighted by Crippen LogP contribution is -2.47. The van der Waals surface area contributed by atoms with Gasteiger partial charge in [-0.3, -0.25) is 4.90 Å². The standard InChI is InChI=1S/C23H29N5OS/c1-26(23-24-9-8-22(25-23)28-11-13-29-14-12-28)19-5-4-10-27(16-19)15-18-17-30-21-7-3-2-6-20(18)21/h2-3,6-9,17,19H,4-5,10-16H2,1H3. The Labute approximate surface area is 182 Å². The number of likely N-dealkylation sites (tertiary alicyclic amines) is 1. The van der Waals surface area contributed by atoms with Crippen LogP contribution in [-0.2, 0) is 11.3 Å². The molecule has 2 saturated heterocycles. The second kappa shape index (κ2) is 8.88. The molecule has 0 amide bonds. The molecule has 0 bridgehead atoms. The Morgan fingerprint density at radius 2 is 2.03 bits per heavy atom. The molecular weight excluding hydrogens is 394 g/mol. The summed E-state index contributed by atoms with van der Waals surface area (Å²) in [5, 5.41) is 3.73. The zero-order chi connectivity index (χ0) is 20.3. The lowest BCUT2D eigenvalue weighted by atomic mass is 10.0. The van der Waals surface area contributed by atoms with Gasteiger partial charge in [0.05, 0.1) is 13.2 Å². The summed E-state index contributed by atoms with van der Waals surface area (Å²) in [6.45, 7) is 6.55. The van der Waals surface area contributed by atoms with Crippen LogP contribution < -0.4 is 9.80 Å². The van der Waals surface area contributed by atoms with Crippen molar-refractivity contribution >= 4 is 33.2 Å². The third-order valence-electron chi connectivity index (χ3n) is 6.26. The van der Waals surface area contributed by atoms with Gasteiger partial charge in [0.2, 0.25) is 5.95 Å². The molecule has 1 unspecified atom stereocenters. The first kappa shape index (κ1) is 19.7. The molecule has 0 saturated carbocycles. The summed E-state index contributed by atoms with van der Waals surface area (Å²) in [6, 6.07) is 11.2. The fourth-order valence-electron chi connectivity index (χ4n) is 4.53. The van der Waals surface area contributed by atoms with E-state index in [4.69, 9.17) is 9.72 Å². The van der Waals surface area contributed by atoms with Crippen molar-refractivity contribution in [1.29, 1.82) is 0 Å². The SMILES string of the molecule is CN(c1nccc(N2CCOCC2)n1)C1CCCN(Cc2csc3ccccc23)C1. The highest BCUT2D eigenvalue weighted by molar-refractivity contribution is 7.17. The molecule has 6 nitrogen and oxygen atoms in total. The number of benzene rings is 1. The van der Waals surface area contributed by atoms with Crippen molar-refractivity contribution in [3.63, 3.8) is 0 Å². The van der Waals surface area contributed by atoms with Crippen molar-refractivity contribution in [3.8, 4) is 0 Å². The minimum absolute atomic E-state index is 0.434. The van der Waals surface area contributed by atoms with Crippen LogP contribution >= 0.6 is 11.3 Å². The Bertz CT molecular complexity index is 986. The van der Waals surface area contributed by atoms with Gasteiger partial charge in [0.15, 0.2) is 0 Å².